The van der Waals surface area contributed by atoms with Gasteiger partial charge in [-0.2, -0.15) is 0 Å². The standard InChI is InChI=1S/C22H28N4O3/c1-14-8-9-17(15(2)12-14)24-21(27)19-18-7-3-4-10-26(18)20(25-19)22(28)23-13-16-6-5-11-29-16/h8-9,12,16H,3-7,10-11,13H2,1-2H3,(H,23,28)(H,24,27). The van der Waals surface area contributed by atoms with Crippen LogP contribution in [0.2, 0.25) is 0 Å². The molecular formula is C22H28N4O3. The third-order valence-corrected chi connectivity index (χ3v) is 5.68. The molecule has 0 aliphatic carbocycles. The van der Waals surface area contributed by atoms with Crippen LogP contribution >= 0.6 is 0 Å². The summed E-state index contributed by atoms with van der Waals surface area (Å²) in [6.45, 7) is 5.93. The second-order valence-corrected chi connectivity index (χ2v) is 7.96. The number of nitrogens with one attached hydrogen (secondary N) is 2. The van der Waals surface area contributed by atoms with E-state index in [-0.39, 0.29) is 17.9 Å². The molecular weight excluding hydrogens is 368 g/mol. The van der Waals surface area contributed by atoms with E-state index >= 15 is 0 Å². The van der Waals surface area contributed by atoms with Crippen molar-refractivity contribution >= 4 is 17.5 Å². The summed E-state index contributed by atoms with van der Waals surface area (Å²) in [6, 6.07) is 5.90. The SMILES string of the molecule is Cc1ccc(NC(=O)c2nc(C(=O)NCC3CCCO3)n3c2CCCC3)c(C)c1. The first-order valence-corrected chi connectivity index (χ1v) is 10.4. The first-order chi connectivity index (χ1) is 14.0. The van der Waals surface area contributed by atoms with Crippen LogP contribution < -0.4 is 10.6 Å². The summed E-state index contributed by atoms with van der Waals surface area (Å²) in [7, 11) is 0. The molecule has 1 aromatic heterocycles. The van der Waals surface area contributed by atoms with E-state index in [1.54, 1.807) is 0 Å². The lowest BCUT2D eigenvalue weighted by molar-refractivity contribution is 0.0845. The lowest BCUT2D eigenvalue weighted by Gasteiger charge is -2.17. The Morgan fingerprint density at radius 1 is 1.21 bits per heavy atom. The molecule has 2 amide bonds. The minimum Gasteiger partial charge on any atom is -0.376 e. The molecule has 4 rings (SSSR count). The number of rotatable bonds is 5. The van der Waals surface area contributed by atoms with Crippen LogP contribution in [0.3, 0.4) is 0 Å². The second kappa shape index (κ2) is 8.37. The predicted molar refractivity (Wildman–Crippen MR) is 110 cm³/mol. The van der Waals surface area contributed by atoms with E-state index in [9.17, 15) is 9.59 Å². The number of ether oxygens (including phenoxy) is 1. The van der Waals surface area contributed by atoms with Gasteiger partial charge in [-0.15, -0.1) is 0 Å². The van der Waals surface area contributed by atoms with Gasteiger partial charge in [0.1, 0.15) is 0 Å². The number of amides is 2. The normalized spacial score (nSPS) is 18.3. The number of imidazole rings is 1. The summed E-state index contributed by atoms with van der Waals surface area (Å²) in [5.74, 6) is -0.182. The van der Waals surface area contributed by atoms with Crippen molar-refractivity contribution in [2.75, 3.05) is 18.5 Å². The van der Waals surface area contributed by atoms with Crippen molar-refractivity contribution in [2.24, 2.45) is 0 Å². The number of nitrogens with zero attached hydrogens (tertiary/aromatic N) is 2. The van der Waals surface area contributed by atoms with E-state index in [1.807, 2.05) is 36.6 Å². The molecule has 1 atom stereocenters. The average molecular weight is 396 g/mol. The highest BCUT2D eigenvalue weighted by molar-refractivity contribution is 6.05. The van der Waals surface area contributed by atoms with Crippen molar-refractivity contribution in [1.29, 1.82) is 0 Å². The van der Waals surface area contributed by atoms with Gasteiger partial charge in [-0.1, -0.05) is 17.7 Å². The van der Waals surface area contributed by atoms with Crippen molar-refractivity contribution < 1.29 is 14.3 Å². The summed E-state index contributed by atoms with van der Waals surface area (Å²) in [5.41, 5.74) is 4.11. The molecule has 29 heavy (non-hydrogen) atoms. The molecule has 0 saturated carbocycles. The fourth-order valence-corrected chi connectivity index (χ4v) is 4.12. The van der Waals surface area contributed by atoms with Crippen molar-refractivity contribution in [3.05, 3.63) is 46.5 Å². The Morgan fingerprint density at radius 3 is 2.83 bits per heavy atom. The van der Waals surface area contributed by atoms with E-state index < -0.39 is 0 Å². The van der Waals surface area contributed by atoms with Crippen molar-refractivity contribution in [2.45, 2.75) is 58.6 Å². The third kappa shape index (κ3) is 4.19. The smallest absolute Gasteiger partial charge is 0.287 e. The molecule has 1 saturated heterocycles. The van der Waals surface area contributed by atoms with Gasteiger partial charge >= 0.3 is 0 Å². The van der Waals surface area contributed by atoms with Gasteiger partial charge in [-0.3, -0.25) is 9.59 Å². The highest BCUT2D eigenvalue weighted by Crippen LogP contribution is 2.23. The van der Waals surface area contributed by atoms with Crippen LogP contribution in [0.25, 0.3) is 0 Å². The van der Waals surface area contributed by atoms with Crippen molar-refractivity contribution in [3.63, 3.8) is 0 Å². The number of anilines is 1. The molecule has 1 aromatic carbocycles. The number of aryl methyl sites for hydroxylation is 2. The van der Waals surface area contributed by atoms with Gasteiger partial charge in [0.15, 0.2) is 11.5 Å². The summed E-state index contributed by atoms with van der Waals surface area (Å²) in [6.07, 6.45) is 4.79. The van der Waals surface area contributed by atoms with Crippen molar-refractivity contribution in [1.82, 2.24) is 14.9 Å². The van der Waals surface area contributed by atoms with Crippen molar-refractivity contribution in [3.8, 4) is 0 Å². The topological polar surface area (TPSA) is 85.2 Å². The van der Waals surface area contributed by atoms with Gasteiger partial charge in [-0.05, 0) is 57.6 Å². The first-order valence-electron chi connectivity index (χ1n) is 10.4. The molecule has 0 spiro atoms. The number of hydrogen-bond acceptors (Lipinski definition) is 4. The quantitative estimate of drug-likeness (QED) is 0.814. The van der Waals surface area contributed by atoms with Crippen LogP contribution in [0.4, 0.5) is 5.69 Å². The Morgan fingerprint density at radius 2 is 2.07 bits per heavy atom. The maximum Gasteiger partial charge on any atom is 0.287 e. The van der Waals surface area contributed by atoms with Gasteiger partial charge in [-0.25, -0.2) is 4.98 Å². The zero-order chi connectivity index (χ0) is 20.4. The second-order valence-electron chi connectivity index (χ2n) is 7.96. The molecule has 3 heterocycles. The minimum atomic E-state index is -0.263. The molecule has 7 nitrogen and oxygen atoms in total. The van der Waals surface area contributed by atoms with Crippen LogP contribution in [0.1, 0.15) is 63.6 Å². The fourth-order valence-electron chi connectivity index (χ4n) is 4.12. The van der Waals surface area contributed by atoms with Gasteiger partial charge in [0.2, 0.25) is 0 Å². The first kappa shape index (κ1) is 19.6. The highest BCUT2D eigenvalue weighted by atomic mass is 16.5. The number of fused-ring (bicyclic) bond motifs is 1. The van der Waals surface area contributed by atoms with E-state index in [1.165, 1.54) is 0 Å². The number of carbonyl (C=O) groups excluding carboxylic acids is 2. The predicted octanol–water partition coefficient (Wildman–Crippen LogP) is 3.00. The van der Waals surface area contributed by atoms with Gasteiger partial charge in [0.25, 0.3) is 11.8 Å². The highest BCUT2D eigenvalue weighted by Gasteiger charge is 2.28. The largest absolute Gasteiger partial charge is 0.376 e. The van der Waals surface area contributed by atoms with Gasteiger partial charge in [0, 0.05) is 25.4 Å². The molecule has 1 fully saturated rings. The molecule has 2 N–H and O–H groups in total. The summed E-state index contributed by atoms with van der Waals surface area (Å²) >= 11 is 0. The molecule has 0 radical (unpaired) electrons. The third-order valence-electron chi connectivity index (χ3n) is 5.68. The number of benzene rings is 1. The molecule has 2 aliphatic heterocycles. The molecule has 0 bridgehead atoms. The molecule has 2 aliphatic rings. The molecule has 7 heteroatoms. The van der Waals surface area contributed by atoms with Crippen LogP contribution in [-0.4, -0.2) is 40.6 Å². The lowest BCUT2D eigenvalue weighted by Crippen LogP contribution is -2.34. The molecule has 2 aromatic rings. The Bertz CT molecular complexity index is 928. The van der Waals surface area contributed by atoms with E-state index in [4.69, 9.17) is 4.74 Å². The lowest BCUT2D eigenvalue weighted by atomic mass is 10.1. The van der Waals surface area contributed by atoms with Crippen LogP contribution in [0.5, 0.6) is 0 Å². The Hall–Kier alpha value is -2.67. The molecule has 1 unspecified atom stereocenters. The zero-order valence-corrected chi connectivity index (χ0v) is 17.1. The Kier molecular flexibility index (Phi) is 5.67. The Balaban J connectivity index is 1.55. The van der Waals surface area contributed by atoms with Crippen LogP contribution in [-0.2, 0) is 17.7 Å². The summed E-state index contributed by atoms with van der Waals surface area (Å²) in [4.78, 5) is 30.2. The van der Waals surface area contributed by atoms with Gasteiger partial charge in [0.05, 0.1) is 11.8 Å². The Labute approximate surface area is 170 Å². The van der Waals surface area contributed by atoms with Gasteiger partial charge < -0.3 is 19.9 Å². The van der Waals surface area contributed by atoms with Crippen LogP contribution in [0.15, 0.2) is 18.2 Å². The van der Waals surface area contributed by atoms with E-state index in [2.05, 4.69) is 15.6 Å². The maximum atomic E-state index is 13.0. The number of aromatic nitrogens is 2. The minimum absolute atomic E-state index is 0.0713. The maximum absolute atomic E-state index is 13.0. The monoisotopic (exact) mass is 396 g/mol. The zero-order valence-electron chi connectivity index (χ0n) is 17.1. The molecule has 154 valence electrons. The number of hydrogen-bond donors (Lipinski definition) is 2. The summed E-state index contributed by atoms with van der Waals surface area (Å²) in [5, 5.41) is 5.90. The average Bonchev–Trinajstić information content (AvgIpc) is 3.36. The fraction of sp³-hybridized carbons (Fsp3) is 0.500. The van der Waals surface area contributed by atoms with E-state index in [0.717, 1.165) is 61.2 Å². The summed E-state index contributed by atoms with van der Waals surface area (Å²) < 4.78 is 7.48. The van der Waals surface area contributed by atoms with Crippen LogP contribution in [0, 0.1) is 13.8 Å². The number of carbonyl (C=O) groups is 2. The van der Waals surface area contributed by atoms with E-state index in [0.29, 0.717) is 24.6 Å².